The van der Waals surface area contributed by atoms with Crippen LogP contribution in [0.15, 0.2) is 47.9 Å². The van der Waals surface area contributed by atoms with Gasteiger partial charge in [-0.2, -0.15) is 5.10 Å². The molecule has 1 aromatic heterocycles. The van der Waals surface area contributed by atoms with Gasteiger partial charge in [-0.1, -0.05) is 24.3 Å². The molecule has 14 heavy (non-hydrogen) atoms. The van der Waals surface area contributed by atoms with Crippen LogP contribution in [-0.4, -0.2) is 9.78 Å². The standard InChI is InChI=1S/C11H10N2O/c1-2-7-13-11(14)10-6-4-3-5-9(10)8-12-13/h2-6,8H,1,7H2. The Labute approximate surface area is 81.3 Å². The lowest BCUT2D eigenvalue weighted by atomic mass is 10.2. The Balaban J connectivity index is 2.75. The topological polar surface area (TPSA) is 34.9 Å². The van der Waals surface area contributed by atoms with Gasteiger partial charge in [-0.25, -0.2) is 4.68 Å². The van der Waals surface area contributed by atoms with E-state index in [0.29, 0.717) is 11.9 Å². The number of allylic oxidation sites excluding steroid dienone is 1. The highest BCUT2D eigenvalue weighted by atomic mass is 16.1. The van der Waals surface area contributed by atoms with Crippen LogP contribution in [0.25, 0.3) is 10.8 Å². The van der Waals surface area contributed by atoms with Crippen molar-refractivity contribution >= 4 is 10.8 Å². The zero-order chi connectivity index (χ0) is 9.97. The third-order valence-corrected chi connectivity index (χ3v) is 2.06. The summed E-state index contributed by atoms with van der Waals surface area (Å²) < 4.78 is 1.40. The molecular weight excluding hydrogens is 176 g/mol. The maximum Gasteiger partial charge on any atom is 0.274 e. The van der Waals surface area contributed by atoms with Crippen molar-refractivity contribution < 1.29 is 0 Å². The maximum atomic E-state index is 11.8. The van der Waals surface area contributed by atoms with Gasteiger partial charge in [0.25, 0.3) is 5.56 Å². The molecule has 1 heterocycles. The van der Waals surface area contributed by atoms with Crippen LogP contribution in [0.4, 0.5) is 0 Å². The maximum absolute atomic E-state index is 11.8. The van der Waals surface area contributed by atoms with Gasteiger partial charge in [0.1, 0.15) is 0 Å². The van der Waals surface area contributed by atoms with E-state index in [2.05, 4.69) is 11.7 Å². The second-order valence-electron chi connectivity index (χ2n) is 3.01. The van der Waals surface area contributed by atoms with Crippen LogP contribution >= 0.6 is 0 Å². The molecule has 0 aliphatic heterocycles. The van der Waals surface area contributed by atoms with Crippen molar-refractivity contribution in [2.45, 2.75) is 6.54 Å². The lowest BCUT2D eigenvalue weighted by Crippen LogP contribution is -2.21. The predicted molar refractivity (Wildman–Crippen MR) is 56.2 cm³/mol. The van der Waals surface area contributed by atoms with Crippen LogP contribution in [0.1, 0.15) is 0 Å². The smallest absolute Gasteiger partial charge is 0.267 e. The number of fused-ring (bicyclic) bond motifs is 1. The molecule has 0 amide bonds. The van der Waals surface area contributed by atoms with Gasteiger partial charge < -0.3 is 0 Å². The minimum atomic E-state index is -0.0667. The Morgan fingerprint density at radius 3 is 3.00 bits per heavy atom. The highest BCUT2D eigenvalue weighted by molar-refractivity contribution is 5.80. The van der Waals surface area contributed by atoms with E-state index in [1.807, 2.05) is 18.2 Å². The molecule has 3 heteroatoms. The Morgan fingerprint density at radius 2 is 2.21 bits per heavy atom. The van der Waals surface area contributed by atoms with E-state index >= 15 is 0 Å². The lowest BCUT2D eigenvalue weighted by molar-refractivity contribution is 0.661. The minimum absolute atomic E-state index is 0.0667. The summed E-state index contributed by atoms with van der Waals surface area (Å²) in [6.07, 6.45) is 3.35. The van der Waals surface area contributed by atoms with E-state index in [4.69, 9.17) is 0 Å². The van der Waals surface area contributed by atoms with Gasteiger partial charge in [0.05, 0.1) is 18.1 Å². The third-order valence-electron chi connectivity index (χ3n) is 2.06. The van der Waals surface area contributed by atoms with Gasteiger partial charge in [-0.3, -0.25) is 4.79 Å². The van der Waals surface area contributed by atoms with Crippen LogP contribution in [-0.2, 0) is 6.54 Å². The summed E-state index contributed by atoms with van der Waals surface area (Å²) in [6, 6.07) is 7.42. The average molecular weight is 186 g/mol. The van der Waals surface area contributed by atoms with Gasteiger partial charge in [0.2, 0.25) is 0 Å². The Kier molecular flexibility index (Phi) is 2.14. The number of aromatic nitrogens is 2. The molecule has 0 bridgehead atoms. The quantitative estimate of drug-likeness (QED) is 0.667. The predicted octanol–water partition coefficient (Wildman–Crippen LogP) is 1.58. The zero-order valence-electron chi connectivity index (χ0n) is 7.68. The van der Waals surface area contributed by atoms with Crippen molar-refractivity contribution in [3.8, 4) is 0 Å². The third kappa shape index (κ3) is 1.33. The van der Waals surface area contributed by atoms with Crippen LogP contribution < -0.4 is 5.56 Å². The summed E-state index contributed by atoms with van der Waals surface area (Å²) in [5.41, 5.74) is -0.0667. The molecule has 0 saturated carbocycles. The number of benzene rings is 1. The fourth-order valence-electron chi connectivity index (χ4n) is 1.38. The molecule has 70 valence electrons. The van der Waals surface area contributed by atoms with Crippen molar-refractivity contribution in [1.82, 2.24) is 9.78 Å². The van der Waals surface area contributed by atoms with E-state index < -0.39 is 0 Å². The summed E-state index contributed by atoms with van der Waals surface area (Å²) in [7, 11) is 0. The number of hydrogen-bond donors (Lipinski definition) is 0. The molecule has 0 spiro atoms. The number of hydrogen-bond acceptors (Lipinski definition) is 2. The molecule has 2 rings (SSSR count). The van der Waals surface area contributed by atoms with E-state index in [0.717, 1.165) is 5.39 Å². The first-order valence-electron chi connectivity index (χ1n) is 4.38. The fourth-order valence-corrected chi connectivity index (χ4v) is 1.38. The molecule has 0 unspecified atom stereocenters. The summed E-state index contributed by atoms with van der Waals surface area (Å²) in [4.78, 5) is 11.8. The monoisotopic (exact) mass is 186 g/mol. The second-order valence-corrected chi connectivity index (χ2v) is 3.01. The molecule has 0 atom stereocenters. The van der Waals surface area contributed by atoms with Gasteiger partial charge in [0.15, 0.2) is 0 Å². The van der Waals surface area contributed by atoms with E-state index in [-0.39, 0.29) is 5.56 Å². The molecule has 0 aliphatic rings. The SMILES string of the molecule is C=CCn1ncc2ccccc2c1=O. The number of rotatable bonds is 2. The summed E-state index contributed by atoms with van der Waals surface area (Å²) in [6.45, 7) is 4.03. The summed E-state index contributed by atoms with van der Waals surface area (Å²) >= 11 is 0. The second kappa shape index (κ2) is 3.46. The highest BCUT2D eigenvalue weighted by Crippen LogP contribution is 2.05. The molecule has 0 N–H and O–H groups in total. The van der Waals surface area contributed by atoms with Gasteiger partial charge in [0, 0.05) is 5.39 Å². The van der Waals surface area contributed by atoms with Crippen molar-refractivity contribution in [3.05, 3.63) is 53.5 Å². The Hall–Kier alpha value is -1.90. The average Bonchev–Trinajstić information content (AvgIpc) is 2.23. The normalized spacial score (nSPS) is 10.3. The molecule has 0 radical (unpaired) electrons. The van der Waals surface area contributed by atoms with Crippen LogP contribution in [0.5, 0.6) is 0 Å². The van der Waals surface area contributed by atoms with Gasteiger partial charge in [-0.15, -0.1) is 6.58 Å². The lowest BCUT2D eigenvalue weighted by Gasteiger charge is -2.01. The van der Waals surface area contributed by atoms with Crippen molar-refractivity contribution in [3.63, 3.8) is 0 Å². The molecular formula is C11H10N2O. The number of nitrogens with zero attached hydrogens (tertiary/aromatic N) is 2. The van der Waals surface area contributed by atoms with Gasteiger partial charge >= 0.3 is 0 Å². The highest BCUT2D eigenvalue weighted by Gasteiger charge is 2.00. The largest absolute Gasteiger partial charge is 0.274 e. The zero-order valence-corrected chi connectivity index (χ0v) is 7.68. The first kappa shape index (κ1) is 8.69. The van der Waals surface area contributed by atoms with Crippen LogP contribution in [0, 0.1) is 0 Å². The van der Waals surface area contributed by atoms with Gasteiger partial charge in [-0.05, 0) is 6.07 Å². The minimum Gasteiger partial charge on any atom is -0.267 e. The Bertz CT molecular complexity index is 528. The van der Waals surface area contributed by atoms with Crippen molar-refractivity contribution in [2.75, 3.05) is 0 Å². The van der Waals surface area contributed by atoms with E-state index in [1.165, 1.54) is 4.68 Å². The summed E-state index contributed by atoms with van der Waals surface area (Å²) in [5.74, 6) is 0. The van der Waals surface area contributed by atoms with E-state index in [9.17, 15) is 4.79 Å². The molecule has 3 nitrogen and oxygen atoms in total. The molecule has 1 aromatic carbocycles. The van der Waals surface area contributed by atoms with Crippen LogP contribution in [0.3, 0.4) is 0 Å². The van der Waals surface area contributed by atoms with E-state index in [1.54, 1.807) is 18.3 Å². The first-order valence-corrected chi connectivity index (χ1v) is 4.38. The van der Waals surface area contributed by atoms with Crippen LogP contribution in [0.2, 0.25) is 0 Å². The van der Waals surface area contributed by atoms with Crippen molar-refractivity contribution in [2.24, 2.45) is 0 Å². The van der Waals surface area contributed by atoms with Crippen molar-refractivity contribution in [1.29, 1.82) is 0 Å². The first-order chi connectivity index (χ1) is 6.83. The molecule has 0 saturated heterocycles. The molecule has 0 fully saturated rings. The Morgan fingerprint density at radius 1 is 1.43 bits per heavy atom. The molecule has 2 aromatic rings. The fraction of sp³-hybridized carbons (Fsp3) is 0.0909. The molecule has 0 aliphatic carbocycles. The summed E-state index contributed by atoms with van der Waals surface area (Å²) in [5, 5.41) is 5.60.